The van der Waals surface area contributed by atoms with Crippen molar-refractivity contribution in [3.05, 3.63) is 52.1 Å². The van der Waals surface area contributed by atoms with Crippen LogP contribution in [0.5, 0.6) is 5.75 Å². The first-order valence-electron chi connectivity index (χ1n) is 8.00. The van der Waals surface area contributed by atoms with Gasteiger partial charge in [-0.15, -0.1) is 0 Å². The van der Waals surface area contributed by atoms with E-state index in [9.17, 15) is 9.59 Å². The van der Waals surface area contributed by atoms with Crippen molar-refractivity contribution in [2.75, 3.05) is 18.5 Å². The number of ether oxygens (including phenoxy) is 2. The van der Waals surface area contributed by atoms with Crippen molar-refractivity contribution in [3.63, 3.8) is 0 Å². The molecule has 1 N–H and O–H groups in total. The van der Waals surface area contributed by atoms with Crippen LogP contribution in [0.2, 0.25) is 10.0 Å². The van der Waals surface area contributed by atoms with Crippen LogP contribution in [-0.2, 0) is 9.53 Å². The number of hydrogen-bond donors (Lipinski definition) is 1. The van der Waals surface area contributed by atoms with Gasteiger partial charge in [-0.2, -0.15) is 0 Å². The summed E-state index contributed by atoms with van der Waals surface area (Å²) in [6, 6.07) is 7.83. The van der Waals surface area contributed by atoms with E-state index in [4.69, 9.17) is 32.7 Å². The molecule has 2 aromatic rings. The van der Waals surface area contributed by atoms with Crippen LogP contribution in [0.4, 0.5) is 5.82 Å². The Kier molecular flexibility index (Phi) is 7.69. The van der Waals surface area contributed by atoms with E-state index in [2.05, 4.69) is 10.3 Å². The maximum Gasteiger partial charge on any atom is 0.338 e. The predicted molar refractivity (Wildman–Crippen MR) is 100 cm³/mol. The smallest absolute Gasteiger partial charge is 0.338 e. The Hall–Kier alpha value is -2.31. The largest absolute Gasteiger partial charge is 0.484 e. The zero-order chi connectivity index (χ0) is 18.9. The van der Waals surface area contributed by atoms with E-state index < -0.39 is 5.91 Å². The molecule has 1 amide bonds. The number of nitrogens with zero attached hydrogens (tertiary/aromatic N) is 1. The fourth-order valence-corrected chi connectivity index (χ4v) is 2.33. The summed E-state index contributed by atoms with van der Waals surface area (Å²) in [6.07, 6.45) is 3.16. The Morgan fingerprint density at radius 2 is 1.92 bits per heavy atom. The number of unbranched alkanes of at least 4 members (excludes halogenated alkanes) is 1. The minimum atomic E-state index is -0.426. The number of pyridine rings is 1. The van der Waals surface area contributed by atoms with E-state index in [-0.39, 0.29) is 23.4 Å². The number of carbonyl (C=O) groups excluding carboxylic acids is 2. The molecular weight excluding hydrogens is 379 g/mol. The maximum atomic E-state index is 11.9. The molecule has 8 heteroatoms. The summed E-state index contributed by atoms with van der Waals surface area (Å²) in [5.41, 5.74) is 0.426. The summed E-state index contributed by atoms with van der Waals surface area (Å²) in [5.74, 6) is -0.161. The molecule has 0 saturated carbocycles. The quantitative estimate of drug-likeness (QED) is 0.529. The highest BCUT2D eigenvalue weighted by molar-refractivity contribution is 6.36. The summed E-state index contributed by atoms with van der Waals surface area (Å²) in [7, 11) is 0. The van der Waals surface area contributed by atoms with Gasteiger partial charge in [0.15, 0.2) is 12.4 Å². The second-order valence-corrected chi connectivity index (χ2v) is 6.18. The number of nitrogens with one attached hydrogen (secondary N) is 1. The van der Waals surface area contributed by atoms with Gasteiger partial charge in [0.05, 0.1) is 22.2 Å². The lowest BCUT2D eigenvalue weighted by atomic mass is 10.2. The van der Waals surface area contributed by atoms with E-state index >= 15 is 0 Å². The summed E-state index contributed by atoms with van der Waals surface area (Å²) in [6.45, 7) is 2.18. The molecule has 0 aliphatic heterocycles. The summed E-state index contributed by atoms with van der Waals surface area (Å²) >= 11 is 11.7. The van der Waals surface area contributed by atoms with Crippen LogP contribution >= 0.6 is 23.2 Å². The molecular formula is C18H18Cl2N2O4. The Labute approximate surface area is 161 Å². The van der Waals surface area contributed by atoms with E-state index in [0.717, 1.165) is 12.8 Å². The predicted octanol–water partition coefficient (Wildman–Crippen LogP) is 4.36. The van der Waals surface area contributed by atoms with E-state index in [1.165, 1.54) is 12.3 Å². The van der Waals surface area contributed by atoms with Gasteiger partial charge in [-0.3, -0.25) is 4.79 Å². The monoisotopic (exact) mass is 396 g/mol. The summed E-state index contributed by atoms with van der Waals surface area (Å²) in [4.78, 5) is 27.6. The van der Waals surface area contributed by atoms with Gasteiger partial charge < -0.3 is 14.8 Å². The molecule has 26 heavy (non-hydrogen) atoms. The maximum absolute atomic E-state index is 11.9. The molecule has 6 nitrogen and oxygen atoms in total. The Morgan fingerprint density at radius 1 is 1.19 bits per heavy atom. The fraction of sp³-hybridized carbons (Fsp3) is 0.278. The van der Waals surface area contributed by atoms with Crippen LogP contribution in [0, 0.1) is 0 Å². The van der Waals surface area contributed by atoms with Crippen molar-refractivity contribution in [2.24, 2.45) is 0 Å². The number of anilines is 1. The highest BCUT2D eigenvalue weighted by Gasteiger charge is 2.10. The van der Waals surface area contributed by atoms with Crippen molar-refractivity contribution in [1.29, 1.82) is 0 Å². The summed E-state index contributed by atoms with van der Waals surface area (Å²) in [5, 5.41) is 3.13. The lowest BCUT2D eigenvalue weighted by molar-refractivity contribution is -0.118. The van der Waals surface area contributed by atoms with Crippen LogP contribution in [0.3, 0.4) is 0 Å². The van der Waals surface area contributed by atoms with Crippen molar-refractivity contribution in [2.45, 2.75) is 19.8 Å². The van der Waals surface area contributed by atoms with Crippen molar-refractivity contribution < 1.29 is 19.1 Å². The van der Waals surface area contributed by atoms with Gasteiger partial charge in [-0.25, -0.2) is 9.78 Å². The molecule has 1 aromatic heterocycles. The second-order valence-electron chi connectivity index (χ2n) is 5.33. The third-order valence-electron chi connectivity index (χ3n) is 3.26. The topological polar surface area (TPSA) is 77.5 Å². The Morgan fingerprint density at radius 3 is 2.58 bits per heavy atom. The molecule has 0 aliphatic carbocycles. The molecule has 2 rings (SSSR count). The SMILES string of the molecule is CCCCOC(=O)c1ccc(OCC(=O)Nc2ncc(Cl)cc2Cl)cc1. The molecule has 1 aromatic carbocycles. The minimum absolute atomic E-state index is 0.204. The van der Waals surface area contributed by atoms with Gasteiger partial charge in [0.1, 0.15) is 5.75 Å². The Bertz CT molecular complexity index is 766. The molecule has 1 heterocycles. The van der Waals surface area contributed by atoms with Crippen LogP contribution < -0.4 is 10.1 Å². The number of halogens is 2. The molecule has 0 aliphatic rings. The van der Waals surface area contributed by atoms with Crippen LogP contribution in [0.25, 0.3) is 0 Å². The number of esters is 1. The number of carbonyl (C=O) groups is 2. The van der Waals surface area contributed by atoms with E-state index in [1.54, 1.807) is 24.3 Å². The van der Waals surface area contributed by atoms with E-state index in [0.29, 0.717) is 22.9 Å². The Balaban J connectivity index is 1.83. The average molecular weight is 397 g/mol. The third kappa shape index (κ3) is 6.20. The summed E-state index contributed by atoms with van der Waals surface area (Å²) < 4.78 is 10.5. The number of hydrogen-bond acceptors (Lipinski definition) is 5. The van der Waals surface area contributed by atoms with Crippen molar-refractivity contribution in [1.82, 2.24) is 4.98 Å². The highest BCUT2D eigenvalue weighted by atomic mass is 35.5. The van der Waals surface area contributed by atoms with Crippen molar-refractivity contribution >= 4 is 40.9 Å². The number of aromatic nitrogens is 1. The number of amides is 1. The molecule has 0 saturated heterocycles. The van der Waals surface area contributed by atoms with Gasteiger partial charge in [0.25, 0.3) is 5.91 Å². The first kappa shape index (κ1) is 20.0. The molecule has 0 unspecified atom stereocenters. The van der Waals surface area contributed by atoms with Crippen LogP contribution in [-0.4, -0.2) is 30.1 Å². The molecule has 0 spiro atoms. The zero-order valence-corrected chi connectivity index (χ0v) is 15.6. The standard InChI is InChI=1S/C18H18Cl2N2O4/c1-2-3-8-25-18(24)12-4-6-14(7-5-12)26-11-16(23)22-17-15(20)9-13(19)10-21-17/h4-7,9-10H,2-3,8,11H2,1H3,(H,21,22,23). The lowest BCUT2D eigenvalue weighted by Crippen LogP contribution is -2.21. The van der Waals surface area contributed by atoms with Crippen LogP contribution in [0.1, 0.15) is 30.1 Å². The fourth-order valence-electron chi connectivity index (χ4n) is 1.90. The van der Waals surface area contributed by atoms with Crippen LogP contribution in [0.15, 0.2) is 36.5 Å². The first-order chi connectivity index (χ1) is 12.5. The van der Waals surface area contributed by atoms with Gasteiger partial charge in [0.2, 0.25) is 0 Å². The van der Waals surface area contributed by atoms with Gasteiger partial charge >= 0.3 is 5.97 Å². The molecule has 0 fully saturated rings. The molecule has 138 valence electrons. The molecule has 0 bridgehead atoms. The lowest BCUT2D eigenvalue weighted by Gasteiger charge is -2.09. The zero-order valence-electron chi connectivity index (χ0n) is 14.1. The average Bonchev–Trinajstić information content (AvgIpc) is 2.63. The van der Waals surface area contributed by atoms with Gasteiger partial charge in [-0.1, -0.05) is 36.5 Å². The highest BCUT2D eigenvalue weighted by Crippen LogP contribution is 2.22. The molecule has 0 atom stereocenters. The second kappa shape index (κ2) is 9.99. The van der Waals surface area contributed by atoms with Gasteiger partial charge in [-0.05, 0) is 36.8 Å². The number of benzene rings is 1. The number of rotatable bonds is 8. The third-order valence-corrected chi connectivity index (χ3v) is 3.75. The van der Waals surface area contributed by atoms with Gasteiger partial charge in [0, 0.05) is 6.20 Å². The van der Waals surface area contributed by atoms with Crippen molar-refractivity contribution in [3.8, 4) is 5.75 Å². The van der Waals surface area contributed by atoms with E-state index in [1.807, 2.05) is 6.92 Å². The first-order valence-corrected chi connectivity index (χ1v) is 8.76. The normalized spacial score (nSPS) is 10.3. The molecule has 0 radical (unpaired) electrons. The minimum Gasteiger partial charge on any atom is -0.484 e.